The van der Waals surface area contributed by atoms with Crippen molar-refractivity contribution in [3.8, 4) is 17.3 Å². The first-order chi connectivity index (χ1) is 12.0. The lowest BCUT2D eigenvalue weighted by Gasteiger charge is -2.01. The van der Waals surface area contributed by atoms with Crippen LogP contribution in [0.2, 0.25) is 0 Å². The molecule has 3 aromatic rings. The Kier molecular flexibility index (Phi) is 4.63. The van der Waals surface area contributed by atoms with Crippen molar-refractivity contribution in [2.24, 2.45) is 11.7 Å². The Bertz CT molecular complexity index is 992. The van der Waals surface area contributed by atoms with Gasteiger partial charge in [0.15, 0.2) is 0 Å². The average Bonchev–Trinajstić information content (AvgIpc) is 3.10. The minimum Gasteiger partial charge on any atom is -0.365 e. The molecule has 0 spiro atoms. The molecule has 2 heterocycles. The fraction of sp³-hybridized carbons (Fsp3) is 0.222. The van der Waals surface area contributed by atoms with Gasteiger partial charge >= 0.3 is 0 Å². The highest BCUT2D eigenvalue weighted by Gasteiger charge is 2.18. The first kappa shape index (κ1) is 16.9. The number of rotatable bonds is 5. The predicted molar refractivity (Wildman–Crippen MR) is 97.6 cm³/mol. The molecule has 0 bridgehead atoms. The highest BCUT2D eigenvalue weighted by Crippen LogP contribution is 2.29. The summed E-state index contributed by atoms with van der Waals surface area (Å²) >= 11 is 1.51. The maximum absolute atomic E-state index is 11.5. The summed E-state index contributed by atoms with van der Waals surface area (Å²) < 4.78 is 1.69. The average molecular weight is 351 g/mol. The Labute approximate surface area is 149 Å². The third-order valence-electron chi connectivity index (χ3n) is 3.58. The van der Waals surface area contributed by atoms with Crippen LogP contribution >= 0.6 is 11.3 Å². The number of benzene rings is 1. The van der Waals surface area contributed by atoms with Crippen LogP contribution in [-0.4, -0.2) is 20.5 Å². The van der Waals surface area contributed by atoms with E-state index >= 15 is 0 Å². The first-order valence-corrected chi connectivity index (χ1v) is 8.66. The van der Waals surface area contributed by atoms with E-state index in [9.17, 15) is 10.1 Å². The summed E-state index contributed by atoms with van der Waals surface area (Å²) in [7, 11) is 0. The highest BCUT2D eigenvalue weighted by atomic mass is 32.1. The molecule has 0 aliphatic heterocycles. The van der Waals surface area contributed by atoms with Crippen LogP contribution in [0.5, 0.6) is 0 Å². The summed E-state index contributed by atoms with van der Waals surface area (Å²) in [6.07, 6.45) is 2.31. The Morgan fingerprint density at radius 2 is 2.12 bits per heavy atom. The normalized spacial score (nSPS) is 11.8. The molecule has 3 rings (SSSR count). The van der Waals surface area contributed by atoms with Gasteiger partial charge in [-0.1, -0.05) is 55.5 Å². The summed E-state index contributed by atoms with van der Waals surface area (Å²) in [5.74, 6) is -0.294. The van der Waals surface area contributed by atoms with E-state index in [2.05, 4.69) is 23.9 Å². The molecule has 1 aromatic carbocycles. The number of nitrogens with zero attached hydrogens (tertiary/aromatic N) is 4. The zero-order valence-electron chi connectivity index (χ0n) is 13.9. The molecule has 0 atom stereocenters. The quantitative estimate of drug-likeness (QED) is 0.564. The fourth-order valence-corrected chi connectivity index (χ4v) is 3.58. The van der Waals surface area contributed by atoms with E-state index in [4.69, 9.17) is 5.73 Å². The van der Waals surface area contributed by atoms with Gasteiger partial charge in [0.1, 0.15) is 16.6 Å². The van der Waals surface area contributed by atoms with Crippen molar-refractivity contribution in [2.75, 3.05) is 0 Å². The molecule has 0 saturated carbocycles. The second-order valence-electron chi connectivity index (χ2n) is 6.03. The minimum atomic E-state index is -0.769. The van der Waals surface area contributed by atoms with Crippen LogP contribution < -0.4 is 5.73 Å². The fourth-order valence-electron chi connectivity index (χ4n) is 2.47. The van der Waals surface area contributed by atoms with E-state index in [1.54, 1.807) is 4.52 Å². The van der Waals surface area contributed by atoms with Gasteiger partial charge in [0.25, 0.3) is 5.91 Å². The van der Waals surface area contributed by atoms with Crippen LogP contribution in [0.1, 0.15) is 24.5 Å². The molecule has 0 unspecified atom stereocenters. The molecule has 7 heteroatoms. The summed E-state index contributed by atoms with van der Waals surface area (Å²) in [6.45, 7) is 4.25. The number of imidazole rings is 1. The molecular weight excluding hydrogens is 334 g/mol. The van der Waals surface area contributed by atoms with E-state index in [1.165, 1.54) is 17.4 Å². The smallest absolute Gasteiger partial charge is 0.259 e. The van der Waals surface area contributed by atoms with Crippen molar-refractivity contribution < 1.29 is 4.79 Å². The molecule has 6 nitrogen and oxygen atoms in total. The second-order valence-corrected chi connectivity index (χ2v) is 7.07. The number of carbonyl (C=O) groups is 1. The van der Waals surface area contributed by atoms with E-state index in [0.717, 1.165) is 22.0 Å². The predicted octanol–water partition coefficient (Wildman–Crippen LogP) is 3.05. The third-order valence-corrected chi connectivity index (χ3v) is 4.51. The Hall–Kier alpha value is -2.98. The third kappa shape index (κ3) is 3.44. The number of primary amides is 1. The Morgan fingerprint density at radius 1 is 1.40 bits per heavy atom. The summed E-state index contributed by atoms with van der Waals surface area (Å²) in [4.78, 5) is 16.9. The van der Waals surface area contributed by atoms with Gasteiger partial charge in [-0.15, -0.1) is 0 Å². The van der Waals surface area contributed by atoms with E-state index < -0.39 is 5.91 Å². The number of hydrogen-bond donors (Lipinski definition) is 1. The van der Waals surface area contributed by atoms with Crippen molar-refractivity contribution >= 4 is 28.3 Å². The number of carbonyl (C=O) groups excluding carboxylic acids is 1. The maximum atomic E-state index is 11.5. The topological polar surface area (TPSA) is 97.1 Å². The number of amides is 1. The monoisotopic (exact) mass is 351 g/mol. The number of nitrogens with two attached hydrogens (primary N) is 1. The number of aromatic nitrogens is 3. The molecule has 0 aliphatic rings. The lowest BCUT2D eigenvalue weighted by molar-refractivity contribution is -0.114. The van der Waals surface area contributed by atoms with Crippen molar-refractivity contribution in [3.05, 3.63) is 46.6 Å². The summed E-state index contributed by atoms with van der Waals surface area (Å²) in [5.41, 5.74) is 7.31. The number of nitriles is 1. The summed E-state index contributed by atoms with van der Waals surface area (Å²) in [5, 5.41) is 14.8. The van der Waals surface area contributed by atoms with Gasteiger partial charge in [-0.2, -0.15) is 10.4 Å². The highest BCUT2D eigenvalue weighted by molar-refractivity contribution is 7.16. The van der Waals surface area contributed by atoms with E-state index in [0.29, 0.717) is 17.3 Å². The SMILES string of the molecule is CC(C)Cc1nn2c(/C=C(\C#N)C(N)=O)c(-c3ccccc3)nc2s1. The Balaban J connectivity index is 2.22. The molecule has 0 fully saturated rings. The van der Waals surface area contributed by atoms with Crippen LogP contribution in [0.25, 0.3) is 22.3 Å². The molecule has 25 heavy (non-hydrogen) atoms. The lowest BCUT2D eigenvalue weighted by atomic mass is 10.1. The molecule has 0 radical (unpaired) electrons. The largest absolute Gasteiger partial charge is 0.365 e. The molecule has 126 valence electrons. The van der Waals surface area contributed by atoms with Crippen LogP contribution in [0.3, 0.4) is 0 Å². The van der Waals surface area contributed by atoms with Crippen LogP contribution in [0.4, 0.5) is 0 Å². The van der Waals surface area contributed by atoms with Crippen molar-refractivity contribution in [1.29, 1.82) is 5.26 Å². The van der Waals surface area contributed by atoms with E-state index in [1.807, 2.05) is 36.4 Å². The zero-order valence-corrected chi connectivity index (χ0v) is 14.7. The van der Waals surface area contributed by atoms with Gasteiger partial charge in [0.2, 0.25) is 4.96 Å². The van der Waals surface area contributed by atoms with Crippen LogP contribution in [0, 0.1) is 17.2 Å². The maximum Gasteiger partial charge on any atom is 0.259 e. The van der Waals surface area contributed by atoms with Gasteiger partial charge in [-0.05, 0) is 12.0 Å². The number of fused-ring (bicyclic) bond motifs is 1. The standard InChI is InChI=1S/C18H17N5OS/c1-11(2)8-15-22-23-14(9-13(10-19)17(20)24)16(21-18(23)25-15)12-6-4-3-5-7-12/h3-7,9,11H,8H2,1-2H3,(H2,20,24)/b13-9+. The molecule has 1 amide bonds. The minimum absolute atomic E-state index is 0.127. The van der Waals surface area contributed by atoms with Gasteiger partial charge in [-0.3, -0.25) is 4.79 Å². The van der Waals surface area contributed by atoms with Gasteiger partial charge in [0, 0.05) is 12.0 Å². The van der Waals surface area contributed by atoms with Crippen molar-refractivity contribution in [3.63, 3.8) is 0 Å². The first-order valence-electron chi connectivity index (χ1n) is 7.85. The van der Waals surface area contributed by atoms with Crippen LogP contribution in [0.15, 0.2) is 35.9 Å². The van der Waals surface area contributed by atoms with Crippen molar-refractivity contribution in [1.82, 2.24) is 14.6 Å². The molecule has 2 N–H and O–H groups in total. The van der Waals surface area contributed by atoms with Gasteiger partial charge in [0.05, 0.1) is 11.4 Å². The molecule has 2 aromatic heterocycles. The Morgan fingerprint density at radius 3 is 2.72 bits per heavy atom. The lowest BCUT2D eigenvalue weighted by Crippen LogP contribution is -2.12. The van der Waals surface area contributed by atoms with Crippen molar-refractivity contribution in [2.45, 2.75) is 20.3 Å². The number of hydrogen-bond acceptors (Lipinski definition) is 5. The summed E-state index contributed by atoms with van der Waals surface area (Å²) in [6, 6.07) is 11.4. The van der Waals surface area contributed by atoms with Gasteiger partial charge < -0.3 is 5.73 Å². The molecular formula is C18H17N5OS. The molecule has 0 aliphatic carbocycles. The second kappa shape index (κ2) is 6.87. The zero-order chi connectivity index (χ0) is 18.0. The van der Waals surface area contributed by atoms with Crippen LogP contribution in [-0.2, 0) is 11.2 Å². The van der Waals surface area contributed by atoms with Gasteiger partial charge in [-0.25, -0.2) is 9.50 Å². The van der Waals surface area contributed by atoms with E-state index in [-0.39, 0.29) is 5.57 Å². The molecule has 0 saturated heterocycles.